The van der Waals surface area contributed by atoms with E-state index in [-0.39, 0.29) is 24.1 Å². The molecule has 34 heavy (non-hydrogen) atoms. The van der Waals surface area contributed by atoms with Crippen molar-refractivity contribution < 1.29 is 14.0 Å². The van der Waals surface area contributed by atoms with E-state index in [1.165, 1.54) is 6.07 Å². The van der Waals surface area contributed by atoms with Crippen LogP contribution in [0.4, 0.5) is 4.39 Å². The molecule has 6 nitrogen and oxygen atoms in total. The SMILES string of the molecule is Cc1ccc(C(=O)N2CCN(C(=O)Cc3c(C)nn(-c4ccc(C)c(Cl)c4)c3C)CC2)cc1F. The molecule has 0 atom stereocenters. The summed E-state index contributed by atoms with van der Waals surface area (Å²) >= 11 is 6.29. The van der Waals surface area contributed by atoms with Crippen molar-refractivity contribution in [2.75, 3.05) is 26.2 Å². The van der Waals surface area contributed by atoms with Crippen LogP contribution in [-0.2, 0) is 11.2 Å². The molecule has 2 heterocycles. The second kappa shape index (κ2) is 9.58. The van der Waals surface area contributed by atoms with E-state index >= 15 is 0 Å². The summed E-state index contributed by atoms with van der Waals surface area (Å²) in [4.78, 5) is 29.2. The number of aromatic nitrogens is 2. The summed E-state index contributed by atoms with van der Waals surface area (Å²) in [6.07, 6.45) is 0.244. The molecule has 0 unspecified atom stereocenters. The van der Waals surface area contributed by atoms with E-state index < -0.39 is 0 Å². The number of halogens is 2. The van der Waals surface area contributed by atoms with Crippen molar-refractivity contribution in [2.45, 2.75) is 34.1 Å². The molecule has 2 aromatic carbocycles. The highest BCUT2D eigenvalue weighted by Crippen LogP contribution is 2.24. The van der Waals surface area contributed by atoms with Gasteiger partial charge in [-0.15, -0.1) is 0 Å². The predicted octanol–water partition coefficient (Wildman–Crippen LogP) is 4.43. The van der Waals surface area contributed by atoms with E-state index in [1.807, 2.05) is 43.7 Å². The minimum atomic E-state index is -0.390. The van der Waals surface area contributed by atoms with Crippen LogP contribution in [0.15, 0.2) is 36.4 Å². The Bertz CT molecular complexity index is 1260. The summed E-state index contributed by atoms with van der Waals surface area (Å²) in [5.74, 6) is -0.601. The smallest absolute Gasteiger partial charge is 0.254 e. The summed E-state index contributed by atoms with van der Waals surface area (Å²) < 4.78 is 15.7. The average molecular weight is 483 g/mol. The van der Waals surface area contributed by atoms with Crippen molar-refractivity contribution in [1.29, 1.82) is 0 Å². The first-order valence-corrected chi connectivity index (χ1v) is 11.7. The number of rotatable bonds is 4. The number of amides is 2. The number of carbonyl (C=O) groups excluding carboxylic acids is 2. The van der Waals surface area contributed by atoms with Crippen molar-refractivity contribution in [3.05, 3.63) is 80.9 Å². The van der Waals surface area contributed by atoms with Gasteiger partial charge in [0.05, 0.1) is 17.8 Å². The molecule has 0 radical (unpaired) electrons. The number of hydrogen-bond donors (Lipinski definition) is 0. The van der Waals surface area contributed by atoms with E-state index in [2.05, 4.69) is 5.10 Å². The molecule has 3 aromatic rings. The topological polar surface area (TPSA) is 58.4 Å². The maximum Gasteiger partial charge on any atom is 0.254 e. The third kappa shape index (κ3) is 4.71. The van der Waals surface area contributed by atoms with Gasteiger partial charge in [-0.3, -0.25) is 9.59 Å². The predicted molar refractivity (Wildman–Crippen MR) is 130 cm³/mol. The Morgan fingerprint density at radius 3 is 2.24 bits per heavy atom. The van der Waals surface area contributed by atoms with Crippen molar-refractivity contribution in [2.24, 2.45) is 0 Å². The van der Waals surface area contributed by atoms with Gasteiger partial charge in [0, 0.05) is 48.0 Å². The lowest BCUT2D eigenvalue weighted by Gasteiger charge is -2.35. The molecule has 0 bridgehead atoms. The first-order valence-electron chi connectivity index (χ1n) is 11.3. The molecule has 1 aromatic heterocycles. The zero-order valence-corrected chi connectivity index (χ0v) is 20.6. The Kier molecular flexibility index (Phi) is 6.75. The number of benzene rings is 2. The molecular formula is C26H28ClFN4O2. The van der Waals surface area contributed by atoms with Crippen LogP contribution in [0.1, 0.15) is 38.4 Å². The Morgan fingerprint density at radius 2 is 1.59 bits per heavy atom. The summed E-state index contributed by atoms with van der Waals surface area (Å²) in [6, 6.07) is 10.3. The van der Waals surface area contributed by atoms with Gasteiger partial charge < -0.3 is 9.80 Å². The molecule has 2 amide bonds. The average Bonchev–Trinajstić information content (AvgIpc) is 3.10. The van der Waals surface area contributed by atoms with Crippen molar-refractivity contribution in [1.82, 2.24) is 19.6 Å². The number of nitrogens with zero attached hydrogens (tertiary/aromatic N) is 4. The summed E-state index contributed by atoms with van der Waals surface area (Å²) in [6.45, 7) is 9.18. The fraction of sp³-hybridized carbons (Fsp3) is 0.346. The van der Waals surface area contributed by atoms with Crippen LogP contribution in [0.3, 0.4) is 0 Å². The fourth-order valence-electron chi connectivity index (χ4n) is 4.23. The Hall–Kier alpha value is -3.19. The molecule has 0 saturated carbocycles. The summed E-state index contributed by atoms with van der Waals surface area (Å²) in [5.41, 5.74) is 5.29. The third-order valence-electron chi connectivity index (χ3n) is 6.51. The number of aryl methyl sites for hydroxylation is 3. The molecule has 1 saturated heterocycles. The Balaban J connectivity index is 1.41. The van der Waals surface area contributed by atoms with Gasteiger partial charge >= 0.3 is 0 Å². The zero-order valence-electron chi connectivity index (χ0n) is 19.9. The van der Waals surface area contributed by atoms with Gasteiger partial charge in [0.1, 0.15) is 5.82 Å². The van der Waals surface area contributed by atoms with Crippen molar-refractivity contribution in [3.8, 4) is 5.69 Å². The van der Waals surface area contributed by atoms with Crippen LogP contribution >= 0.6 is 11.6 Å². The van der Waals surface area contributed by atoms with Crippen LogP contribution < -0.4 is 0 Å². The van der Waals surface area contributed by atoms with Crippen LogP contribution in [0, 0.1) is 33.5 Å². The van der Waals surface area contributed by atoms with E-state index in [9.17, 15) is 14.0 Å². The van der Waals surface area contributed by atoms with Gasteiger partial charge in [0.2, 0.25) is 5.91 Å². The highest BCUT2D eigenvalue weighted by molar-refractivity contribution is 6.31. The monoisotopic (exact) mass is 482 g/mol. The standard InChI is InChI=1S/C26H28ClFN4O2/c1-16-6-8-21(14-23(16)27)32-19(4)22(18(3)29-32)15-25(33)30-9-11-31(12-10-30)26(34)20-7-5-17(2)24(28)13-20/h5-8,13-14H,9-12,15H2,1-4H3. The molecule has 0 N–H and O–H groups in total. The van der Waals surface area contributed by atoms with Crippen molar-refractivity contribution in [3.63, 3.8) is 0 Å². The first-order chi connectivity index (χ1) is 16.2. The highest BCUT2D eigenvalue weighted by atomic mass is 35.5. The highest BCUT2D eigenvalue weighted by Gasteiger charge is 2.26. The minimum Gasteiger partial charge on any atom is -0.339 e. The largest absolute Gasteiger partial charge is 0.339 e. The lowest BCUT2D eigenvalue weighted by Crippen LogP contribution is -2.51. The molecule has 178 valence electrons. The van der Waals surface area contributed by atoms with E-state index in [4.69, 9.17) is 11.6 Å². The number of piperazine rings is 1. The van der Waals surface area contributed by atoms with Crippen LogP contribution in [-0.4, -0.2) is 57.6 Å². The van der Waals surface area contributed by atoms with Gasteiger partial charge in [-0.2, -0.15) is 5.10 Å². The molecule has 0 spiro atoms. The van der Waals surface area contributed by atoms with Gasteiger partial charge in [-0.05, 0) is 63.1 Å². The Morgan fingerprint density at radius 1 is 0.941 bits per heavy atom. The van der Waals surface area contributed by atoms with Crippen LogP contribution in [0.2, 0.25) is 5.02 Å². The van der Waals surface area contributed by atoms with Gasteiger partial charge in [0.25, 0.3) is 5.91 Å². The number of carbonyl (C=O) groups is 2. The van der Waals surface area contributed by atoms with Gasteiger partial charge in [0.15, 0.2) is 0 Å². The Labute approximate surface area is 203 Å². The first kappa shape index (κ1) is 24.0. The van der Waals surface area contributed by atoms with E-state index in [1.54, 1.807) is 28.9 Å². The molecule has 4 rings (SSSR count). The van der Waals surface area contributed by atoms with E-state index in [0.29, 0.717) is 42.3 Å². The number of hydrogen-bond acceptors (Lipinski definition) is 3. The van der Waals surface area contributed by atoms with Crippen LogP contribution in [0.5, 0.6) is 0 Å². The molecule has 1 fully saturated rings. The van der Waals surface area contributed by atoms with Crippen molar-refractivity contribution >= 4 is 23.4 Å². The summed E-state index contributed by atoms with van der Waals surface area (Å²) in [7, 11) is 0. The normalized spacial score (nSPS) is 13.9. The van der Waals surface area contributed by atoms with E-state index in [0.717, 1.165) is 28.2 Å². The third-order valence-corrected chi connectivity index (χ3v) is 6.91. The molecular weight excluding hydrogens is 455 g/mol. The molecule has 1 aliphatic heterocycles. The second-order valence-electron chi connectivity index (χ2n) is 8.81. The van der Waals surface area contributed by atoms with Crippen LogP contribution in [0.25, 0.3) is 5.69 Å². The maximum absolute atomic E-state index is 13.9. The quantitative estimate of drug-likeness (QED) is 0.553. The second-order valence-corrected chi connectivity index (χ2v) is 9.22. The zero-order chi connectivity index (χ0) is 24.6. The molecule has 0 aliphatic carbocycles. The maximum atomic E-state index is 13.9. The fourth-order valence-corrected chi connectivity index (χ4v) is 4.40. The van der Waals surface area contributed by atoms with Gasteiger partial charge in [-0.25, -0.2) is 9.07 Å². The lowest BCUT2D eigenvalue weighted by atomic mass is 10.1. The minimum absolute atomic E-state index is 0.00108. The summed E-state index contributed by atoms with van der Waals surface area (Å²) in [5, 5.41) is 5.31. The molecule has 8 heteroatoms. The molecule has 1 aliphatic rings. The lowest BCUT2D eigenvalue weighted by molar-refractivity contribution is -0.131. The van der Waals surface area contributed by atoms with Gasteiger partial charge in [-0.1, -0.05) is 23.7 Å².